The van der Waals surface area contributed by atoms with E-state index in [-0.39, 0.29) is 0 Å². The molecule has 4 heteroatoms. The van der Waals surface area contributed by atoms with Crippen molar-refractivity contribution in [3.05, 3.63) is 41.6 Å². The molecule has 0 unspecified atom stereocenters. The zero-order valence-corrected chi connectivity index (χ0v) is 10.7. The van der Waals surface area contributed by atoms with Gasteiger partial charge in [-0.1, -0.05) is 18.2 Å². The van der Waals surface area contributed by atoms with Gasteiger partial charge in [-0.05, 0) is 12.1 Å². The zero-order chi connectivity index (χ0) is 13.7. The minimum absolute atomic E-state index is 0.438. The fraction of sp³-hybridized carbons (Fsp3) is 0.200. The molecule has 0 amide bonds. The predicted octanol–water partition coefficient (Wildman–Crippen LogP) is 2.26. The van der Waals surface area contributed by atoms with Crippen molar-refractivity contribution < 1.29 is 9.53 Å². The summed E-state index contributed by atoms with van der Waals surface area (Å²) >= 11 is 0. The highest BCUT2D eigenvalue weighted by Crippen LogP contribution is 2.25. The summed E-state index contributed by atoms with van der Waals surface area (Å²) in [5.41, 5.74) is 1.96. The van der Waals surface area contributed by atoms with Gasteiger partial charge < -0.3 is 4.74 Å². The number of aromatic nitrogens is 2. The van der Waals surface area contributed by atoms with Crippen molar-refractivity contribution in [3.8, 4) is 23.9 Å². The van der Waals surface area contributed by atoms with Crippen molar-refractivity contribution in [1.29, 1.82) is 0 Å². The van der Waals surface area contributed by atoms with E-state index in [0.29, 0.717) is 30.0 Å². The van der Waals surface area contributed by atoms with Crippen molar-refractivity contribution in [2.24, 2.45) is 0 Å². The standard InChI is InChI=1S/C15H14N2O2/c1-3-4-10-14-13(11-18)15(19-2)17(16-14)12-8-6-5-7-9-12/h1,5-9,11H,4,10H2,2H3. The van der Waals surface area contributed by atoms with Gasteiger partial charge in [0.2, 0.25) is 5.88 Å². The average Bonchev–Trinajstić information content (AvgIpc) is 2.83. The molecule has 1 aromatic heterocycles. The second kappa shape index (κ2) is 5.87. The first-order chi connectivity index (χ1) is 9.31. The van der Waals surface area contributed by atoms with E-state index in [0.717, 1.165) is 12.0 Å². The monoisotopic (exact) mass is 254 g/mol. The summed E-state index contributed by atoms with van der Waals surface area (Å²) in [6.07, 6.45) is 7.11. The maximum Gasteiger partial charge on any atom is 0.227 e. The molecule has 0 aliphatic heterocycles. The molecule has 0 saturated carbocycles. The molecular formula is C15H14N2O2. The van der Waals surface area contributed by atoms with Crippen LogP contribution in [0.1, 0.15) is 22.5 Å². The molecule has 0 radical (unpaired) electrons. The number of carbonyl (C=O) groups is 1. The summed E-state index contributed by atoms with van der Waals surface area (Å²) in [7, 11) is 1.52. The van der Waals surface area contributed by atoms with Crippen LogP contribution in [0.3, 0.4) is 0 Å². The van der Waals surface area contributed by atoms with Gasteiger partial charge in [-0.3, -0.25) is 4.79 Å². The summed E-state index contributed by atoms with van der Waals surface area (Å²) in [6, 6.07) is 9.51. The largest absolute Gasteiger partial charge is 0.480 e. The lowest BCUT2D eigenvalue weighted by Gasteiger charge is -2.05. The van der Waals surface area contributed by atoms with E-state index in [1.807, 2.05) is 30.3 Å². The Labute approximate surface area is 112 Å². The molecule has 19 heavy (non-hydrogen) atoms. The summed E-state index contributed by atoms with van der Waals surface area (Å²) in [5.74, 6) is 2.99. The van der Waals surface area contributed by atoms with E-state index in [1.165, 1.54) is 7.11 Å². The number of methoxy groups -OCH3 is 1. The van der Waals surface area contributed by atoms with Gasteiger partial charge in [-0.25, -0.2) is 4.68 Å². The molecule has 0 spiro atoms. The van der Waals surface area contributed by atoms with E-state index >= 15 is 0 Å². The van der Waals surface area contributed by atoms with Gasteiger partial charge in [0, 0.05) is 12.8 Å². The van der Waals surface area contributed by atoms with Gasteiger partial charge in [0.05, 0.1) is 24.1 Å². The van der Waals surface area contributed by atoms with Gasteiger partial charge >= 0.3 is 0 Å². The van der Waals surface area contributed by atoms with Crippen LogP contribution in [0.4, 0.5) is 0 Å². The number of aldehydes is 1. The summed E-state index contributed by atoms with van der Waals surface area (Å²) in [6.45, 7) is 0. The van der Waals surface area contributed by atoms with E-state index in [2.05, 4.69) is 11.0 Å². The Bertz CT molecular complexity index is 609. The van der Waals surface area contributed by atoms with Crippen LogP contribution in [-0.2, 0) is 6.42 Å². The van der Waals surface area contributed by atoms with Gasteiger partial charge in [0.1, 0.15) is 0 Å². The molecule has 0 saturated heterocycles. The number of hydrogen-bond donors (Lipinski definition) is 0. The Morgan fingerprint density at radius 3 is 2.74 bits per heavy atom. The van der Waals surface area contributed by atoms with Gasteiger partial charge in [0.25, 0.3) is 0 Å². The van der Waals surface area contributed by atoms with Crippen LogP contribution < -0.4 is 4.74 Å². The number of terminal acetylenes is 1. The number of ether oxygens (including phenoxy) is 1. The zero-order valence-electron chi connectivity index (χ0n) is 10.7. The Kier molecular flexibility index (Phi) is 3.99. The number of aryl methyl sites for hydroxylation is 1. The third kappa shape index (κ3) is 2.50. The number of hydrogen-bond acceptors (Lipinski definition) is 3. The normalized spacial score (nSPS) is 9.89. The fourth-order valence-electron chi connectivity index (χ4n) is 1.89. The van der Waals surface area contributed by atoms with Crippen molar-refractivity contribution in [1.82, 2.24) is 9.78 Å². The first kappa shape index (κ1) is 12.9. The quantitative estimate of drug-likeness (QED) is 0.607. The minimum atomic E-state index is 0.438. The van der Waals surface area contributed by atoms with E-state index in [1.54, 1.807) is 4.68 Å². The molecule has 0 fully saturated rings. The molecule has 1 heterocycles. The van der Waals surface area contributed by atoms with Gasteiger partial charge in [-0.15, -0.1) is 12.3 Å². The maximum absolute atomic E-state index is 11.2. The average molecular weight is 254 g/mol. The molecule has 4 nitrogen and oxygen atoms in total. The van der Waals surface area contributed by atoms with E-state index in [9.17, 15) is 4.79 Å². The molecule has 0 aliphatic rings. The predicted molar refractivity (Wildman–Crippen MR) is 72.7 cm³/mol. The smallest absolute Gasteiger partial charge is 0.227 e. The van der Waals surface area contributed by atoms with Crippen molar-refractivity contribution in [3.63, 3.8) is 0 Å². The molecule has 0 N–H and O–H groups in total. The fourth-order valence-corrected chi connectivity index (χ4v) is 1.89. The lowest BCUT2D eigenvalue weighted by molar-refractivity contribution is 0.111. The Morgan fingerprint density at radius 2 is 2.16 bits per heavy atom. The minimum Gasteiger partial charge on any atom is -0.480 e. The van der Waals surface area contributed by atoms with Crippen LogP contribution in [-0.4, -0.2) is 23.2 Å². The number of benzene rings is 1. The maximum atomic E-state index is 11.2. The van der Waals surface area contributed by atoms with Gasteiger partial charge in [0.15, 0.2) is 6.29 Å². The molecular weight excluding hydrogens is 240 g/mol. The molecule has 0 aliphatic carbocycles. The van der Waals surface area contributed by atoms with Crippen LogP contribution in [0.25, 0.3) is 5.69 Å². The Hall–Kier alpha value is -2.54. The van der Waals surface area contributed by atoms with E-state index < -0.39 is 0 Å². The molecule has 0 atom stereocenters. The van der Waals surface area contributed by atoms with Gasteiger partial charge in [-0.2, -0.15) is 5.10 Å². The second-order valence-corrected chi connectivity index (χ2v) is 3.94. The number of carbonyl (C=O) groups excluding carboxylic acids is 1. The van der Waals surface area contributed by atoms with Crippen LogP contribution in [0, 0.1) is 12.3 Å². The lowest BCUT2D eigenvalue weighted by Crippen LogP contribution is -2.00. The molecule has 2 rings (SSSR count). The van der Waals surface area contributed by atoms with Crippen LogP contribution in [0.2, 0.25) is 0 Å². The second-order valence-electron chi connectivity index (χ2n) is 3.94. The highest BCUT2D eigenvalue weighted by molar-refractivity contribution is 5.80. The number of para-hydroxylation sites is 1. The number of nitrogens with zero attached hydrogens (tertiary/aromatic N) is 2. The Morgan fingerprint density at radius 1 is 1.42 bits per heavy atom. The molecule has 96 valence electrons. The third-order valence-corrected chi connectivity index (χ3v) is 2.77. The first-order valence-corrected chi connectivity index (χ1v) is 5.91. The highest BCUT2D eigenvalue weighted by atomic mass is 16.5. The number of rotatable bonds is 5. The lowest BCUT2D eigenvalue weighted by atomic mass is 10.1. The van der Waals surface area contributed by atoms with Crippen LogP contribution in [0.15, 0.2) is 30.3 Å². The van der Waals surface area contributed by atoms with Crippen LogP contribution in [0.5, 0.6) is 5.88 Å². The summed E-state index contributed by atoms with van der Waals surface area (Å²) < 4.78 is 6.92. The van der Waals surface area contributed by atoms with Crippen LogP contribution >= 0.6 is 0 Å². The topological polar surface area (TPSA) is 44.1 Å². The molecule has 2 aromatic rings. The van der Waals surface area contributed by atoms with E-state index in [4.69, 9.17) is 11.2 Å². The molecule has 0 bridgehead atoms. The third-order valence-electron chi connectivity index (χ3n) is 2.77. The van der Waals surface area contributed by atoms with Crippen molar-refractivity contribution in [2.75, 3.05) is 7.11 Å². The van der Waals surface area contributed by atoms with Crippen molar-refractivity contribution in [2.45, 2.75) is 12.8 Å². The SMILES string of the molecule is C#CCCc1nn(-c2ccccc2)c(OC)c1C=O. The Balaban J connectivity index is 2.52. The van der Waals surface area contributed by atoms with Crippen molar-refractivity contribution >= 4 is 6.29 Å². The summed E-state index contributed by atoms with van der Waals surface area (Å²) in [4.78, 5) is 11.2. The first-order valence-electron chi connectivity index (χ1n) is 5.91. The summed E-state index contributed by atoms with van der Waals surface area (Å²) in [5, 5.41) is 4.42. The molecule has 1 aromatic carbocycles. The highest BCUT2D eigenvalue weighted by Gasteiger charge is 2.18.